The molecule has 240 valence electrons. The van der Waals surface area contributed by atoms with Gasteiger partial charge in [-0.1, -0.05) is 93.6 Å². The molecule has 0 bridgehead atoms. The number of imide groups is 1. The summed E-state index contributed by atoms with van der Waals surface area (Å²) in [5.74, 6) is -0.424. The van der Waals surface area contributed by atoms with Crippen LogP contribution in [0.15, 0.2) is 103 Å². The Morgan fingerprint density at radius 1 is 0.979 bits per heavy atom. The molecule has 0 aliphatic carbocycles. The minimum absolute atomic E-state index is 0.132. The minimum Gasteiger partial charge on any atom is -0.497 e. The number of nitrogens with zero attached hydrogens (tertiary/aromatic N) is 4. The van der Waals surface area contributed by atoms with Crippen molar-refractivity contribution in [2.75, 3.05) is 12.0 Å². The molecule has 1 aliphatic heterocycles. The zero-order chi connectivity index (χ0) is 33.7. The van der Waals surface area contributed by atoms with Crippen LogP contribution in [-0.4, -0.2) is 46.2 Å². The van der Waals surface area contributed by atoms with Gasteiger partial charge in [0.05, 0.1) is 31.2 Å². The molecule has 0 saturated carbocycles. The third-order valence-corrected chi connectivity index (χ3v) is 8.33. The molecule has 47 heavy (non-hydrogen) atoms. The van der Waals surface area contributed by atoms with E-state index in [0.717, 1.165) is 21.6 Å². The Bertz CT molecular complexity index is 1730. The molecule has 3 atom stereocenters. The van der Waals surface area contributed by atoms with E-state index < -0.39 is 47.5 Å². The lowest BCUT2D eigenvalue weighted by Crippen LogP contribution is -2.65. The lowest BCUT2D eigenvalue weighted by Gasteiger charge is -2.42. The van der Waals surface area contributed by atoms with E-state index in [2.05, 4.69) is 16.4 Å². The zero-order valence-electron chi connectivity index (χ0n) is 26.7. The molecule has 10 nitrogen and oxygen atoms in total. The maximum Gasteiger partial charge on any atom is 0.413 e. The molecular weight excluding hydrogens is 594 g/mol. The number of aromatic nitrogens is 1. The van der Waals surface area contributed by atoms with Crippen molar-refractivity contribution in [3.63, 3.8) is 0 Å². The van der Waals surface area contributed by atoms with E-state index in [-0.39, 0.29) is 12.2 Å². The molecule has 1 aromatic heterocycles. The van der Waals surface area contributed by atoms with Crippen molar-refractivity contribution < 1.29 is 24.2 Å². The summed E-state index contributed by atoms with van der Waals surface area (Å²) in [4.78, 5) is 46.2. The Balaban J connectivity index is 1.37. The monoisotopic (exact) mass is 631 g/mol. The van der Waals surface area contributed by atoms with Crippen molar-refractivity contribution in [2.45, 2.75) is 45.3 Å². The number of carbonyl (C=O) groups is 3. The molecule has 2 heterocycles. The average molecular weight is 632 g/mol. The summed E-state index contributed by atoms with van der Waals surface area (Å²) in [7, 11) is 1.57. The number of carbonyl (C=O) groups excluding carboxylic acids is 2. The fraction of sp³-hybridized carbons (Fsp3) is 0.270. The predicted molar refractivity (Wildman–Crippen MR) is 177 cm³/mol. The van der Waals surface area contributed by atoms with Gasteiger partial charge < -0.3 is 15.2 Å². The van der Waals surface area contributed by atoms with E-state index in [1.807, 2.05) is 93.6 Å². The van der Waals surface area contributed by atoms with Gasteiger partial charge in [-0.15, -0.1) is 0 Å². The summed E-state index contributed by atoms with van der Waals surface area (Å²) >= 11 is 0. The molecule has 0 spiro atoms. The van der Waals surface area contributed by atoms with Gasteiger partial charge in [-0.3, -0.25) is 9.69 Å². The minimum atomic E-state index is -1.19. The van der Waals surface area contributed by atoms with Crippen molar-refractivity contribution in [1.29, 1.82) is 5.26 Å². The normalized spacial score (nSPS) is 16.5. The molecule has 1 saturated heterocycles. The highest BCUT2D eigenvalue weighted by molar-refractivity contribution is 6.02. The summed E-state index contributed by atoms with van der Waals surface area (Å²) in [6.45, 7) is 5.85. The Morgan fingerprint density at radius 3 is 2.09 bits per heavy atom. The van der Waals surface area contributed by atoms with Crippen molar-refractivity contribution in [3.8, 4) is 11.8 Å². The number of amides is 4. The van der Waals surface area contributed by atoms with Crippen molar-refractivity contribution in [3.05, 3.63) is 126 Å². The number of nitrogens with one attached hydrogen (secondary N) is 1. The Hall–Kier alpha value is -5.69. The number of hydrogen-bond acceptors (Lipinski definition) is 6. The Labute approximate surface area is 274 Å². The van der Waals surface area contributed by atoms with Crippen LogP contribution in [0.3, 0.4) is 0 Å². The van der Waals surface area contributed by atoms with Crippen LogP contribution in [-0.2, 0) is 11.2 Å². The van der Waals surface area contributed by atoms with Gasteiger partial charge >= 0.3 is 12.1 Å². The zero-order valence-corrected chi connectivity index (χ0v) is 26.7. The highest BCUT2D eigenvalue weighted by Gasteiger charge is 2.51. The van der Waals surface area contributed by atoms with Gasteiger partial charge in [-0.25, -0.2) is 19.5 Å². The molecular formula is C37H37N5O5. The van der Waals surface area contributed by atoms with Crippen molar-refractivity contribution in [1.82, 2.24) is 15.2 Å². The highest BCUT2D eigenvalue weighted by Crippen LogP contribution is 2.41. The van der Waals surface area contributed by atoms with E-state index >= 15 is 0 Å². The quantitative estimate of drug-likeness (QED) is 0.195. The maximum atomic E-state index is 13.5. The summed E-state index contributed by atoms with van der Waals surface area (Å²) < 4.78 is 5.28. The number of β-lactam (4-membered cyclic amide) rings is 1. The lowest BCUT2D eigenvalue weighted by atomic mass is 9.81. The van der Waals surface area contributed by atoms with Crippen molar-refractivity contribution >= 4 is 23.8 Å². The number of likely N-dealkylation sites (tertiary alicyclic amines) is 1. The average Bonchev–Trinajstić information content (AvgIpc) is 3.07. The molecule has 1 aliphatic rings. The highest BCUT2D eigenvalue weighted by atomic mass is 16.5. The topological polar surface area (TPSA) is 136 Å². The first-order valence-electron chi connectivity index (χ1n) is 15.3. The maximum absolute atomic E-state index is 13.5. The van der Waals surface area contributed by atoms with Crippen LogP contribution in [0.2, 0.25) is 0 Å². The molecule has 1 unspecified atom stereocenters. The number of urea groups is 1. The fourth-order valence-electron chi connectivity index (χ4n) is 6.10. The smallest absolute Gasteiger partial charge is 0.413 e. The van der Waals surface area contributed by atoms with Gasteiger partial charge in [0.2, 0.25) is 5.91 Å². The molecule has 10 heteroatoms. The van der Waals surface area contributed by atoms with E-state index in [1.54, 1.807) is 31.4 Å². The summed E-state index contributed by atoms with van der Waals surface area (Å²) in [6.07, 6.45) is 0.440. The molecule has 1 fully saturated rings. The first kappa shape index (κ1) is 32.7. The SMILES string of the molecule is COc1ccc(C(N(C(=O)O)c2cc(C[C@H]3C(=O)N(C(=O)NC(c4ccccc4)c4ccccc4)[C@@H]3C#N)ccn2)C(C)(C)C)cc1. The number of methoxy groups -OCH3 is 1. The van der Waals surface area contributed by atoms with Gasteiger partial charge in [0, 0.05) is 6.20 Å². The second kappa shape index (κ2) is 13.7. The molecule has 5 rings (SSSR count). The van der Waals surface area contributed by atoms with Crippen molar-refractivity contribution in [2.24, 2.45) is 11.3 Å². The number of rotatable bonds is 9. The molecule has 0 radical (unpaired) electrons. The largest absolute Gasteiger partial charge is 0.497 e. The second-order valence-electron chi connectivity index (χ2n) is 12.5. The fourth-order valence-corrected chi connectivity index (χ4v) is 6.10. The van der Waals surface area contributed by atoms with Crippen LogP contribution in [0.5, 0.6) is 5.75 Å². The number of anilines is 1. The first-order chi connectivity index (χ1) is 22.5. The van der Waals surface area contributed by atoms with Gasteiger partial charge in [0.1, 0.15) is 17.6 Å². The van der Waals surface area contributed by atoms with E-state index in [4.69, 9.17) is 4.74 Å². The van der Waals surface area contributed by atoms with Crippen LogP contribution in [0.4, 0.5) is 15.4 Å². The van der Waals surface area contributed by atoms with Gasteiger partial charge in [-0.05, 0) is 58.4 Å². The van der Waals surface area contributed by atoms with E-state index in [1.165, 1.54) is 11.1 Å². The van der Waals surface area contributed by atoms with Crippen LogP contribution < -0.4 is 15.0 Å². The van der Waals surface area contributed by atoms with Crippen LogP contribution in [0.1, 0.15) is 55.1 Å². The number of benzene rings is 3. The summed E-state index contributed by atoms with van der Waals surface area (Å²) in [5, 5.41) is 23.4. The lowest BCUT2D eigenvalue weighted by molar-refractivity contribution is -0.146. The Kier molecular flexibility index (Phi) is 9.56. The van der Waals surface area contributed by atoms with Crippen LogP contribution in [0.25, 0.3) is 0 Å². The van der Waals surface area contributed by atoms with Gasteiger partial charge in [-0.2, -0.15) is 5.26 Å². The predicted octanol–water partition coefficient (Wildman–Crippen LogP) is 6.75. The molecule has 2 N–H and O–H groups in total. The second-order valence-corrected chi connectivity index (χ2v) is 12.5. The number of hydrogen-bond donors (Lipinski definition) is 2. The van der Waals surface area contributed by atoms with Gasteiger partial charge in [0.25, 0.3) is 0 Å². The van der Waals surface area contributed by atoms with Gasteiger partial charge in [0.15, 0.2) is 0 Å². The third-order valence-electron chi connectivity index (χ3n) is 8.33. The number of ether oxygens (including phenoxy) is 1. The third kappa shape index (κ3) is 6.94. The molecule has 4 aromatic rings. The Morgan fingerprint density at radius 2 is 1.57 bits per heavy atom. The number of nitriles is 1. The number of pyridine rings is 1. The number of carboxylic acid groups (broad SMARTS) is 1. The van der Waals surface area contributed by atoms with E-state index in [9.17, 15) is 24.8 Å². The van der Waals surface area contributed by atoms with Crippen LogP contribution >= 0.6 is 0 Å². The van der Waals surface area contributed by atoms with Crippen LogP contribution in [0, 0.1) is 22.7 Å². The molecule has 4 amide bonds. The molecule has 3 aromatic carbocycles. The first-order valence-corrected chi connectivity index (χ1v) is 15.3. The standard InChI is InChI=1S/C37H37N5O5/c1-37(2,3)33(27-15-17-28(47-4)18-16-27)42(36(45)46)31-22-24(19-20-39-31)21-29-30(23-38)41(34(29)43)35(44)40-32(25-11-7-5-8-12-25)26-13-9-6-10-14-26/h5-20,22,29-30,32-33H,21H2,1-4H3,(H,40,44)(H,45,46)/t29-,30-,33?/m1/s1. The summed E-state index contributed by atoms with van der Waals surface area (Å²) in [5.41, 5.74) is 2.53. The van der Waals surface area contributed by atoms with E-state index in [0.29, 0.717) is 11.3 Å². The summed E-state index contributed by atoms with van der Waals surface area (Å²) in [6, 6.07) is 28.7.